The van der Waals surface area contributed by atoms with Crippen molar-refractivity contribution in [2.45, 2.75) is 33.0 Å². The van der Waals surface area contributed by atoms with Crippen molar-refractivity contribution in [2.75, 3.05) is 0 Å². The summed E-state index contributed by atoms with van der Waals surface area (Å²) in [5.74, 6) is 0.142. The molecular weight excluding hydrogens is 311 g/mol. The number of hydrogen-bond acceptors (Lipinski definition) is 4. The van der Waals surface area contributed by atoms with Crippen LogP contribution in [0.15, 0.2) is 28.8 Å². The van der Waals surface area contributed by atoms with Gasteiger partial charge in [-0.3, -0.25) is 4.79 Å². The van der Waals surface area contributed by atoms with Gasteiger partial charge in [-0.15, -0.1) is 0 Å². The lowest BCUT2D eigenvalue weighted by atomic mass is 10.1. The van der Waals surface area contributed by atoms with Crippen LogP contribution in [-0.4, -0.2) is 16.0 Å². The molecule has 0 spiro atoms. The number of rotatable bonds is 5. The van der Waals surface area contributed by atoms with Crippen LogP contribution in [0.5, 0.6) is 0 Å². The van der Waals surface area contributed by atoms with Crippen molar-refractivity contribution in [3.63, 3.8) is 0 Å². The molecule has 0 radical (unpaired) electrons. The molecule has 0 fully saturated rings. The zero-order chi connectivity index (χ0) is 17.0. The Kier molecular flexibility index (Phi) is 5.02. The van der Waals surface area contributed by atoms with Crippen LogP contribution in [0, 0.1) is 5.92 Å². The lowest BCUT2D eigenvalue weighted by Crippen LogP contribution is -2.26. The third kappa shape index (κ3) is 4.54. The number of hydrogen-bond donors (Lipinski definition) is 1. The molecule has 1 aromatic carbocycles. The molecule has 0 bridgehead atoms. The van der Waals surface area contributed by atoms with Crippen molar-refractivity contribution >= 4 is 5.91 Å². The number of nitrogens with zero attached hydrogens (tertiary/aromatic N) is 2. The maximum atomic E-state index is 12.9. The van der Waals surface area contributed by atoms with Gasteiger partial charge >= 0.3 is 6.18 Å². The summed E-state index contributed by atoms with van der Waals surface area (Å²) < 4.78 is 43.6. The molecule has 0 saturated heterocycles. The van der Waals surface area contributed by atoms with Gasteiger partial charge in [0.25, 0.3) is 5.91 Å². The average molecular weight is 327 g/mol. The molecule has 0 aliphatic heterocycles. The van der Waals surface area contributed by atoms with Gasteiger partial charge in [0.2, 0.25) is 5.89 Å². The minimum Gasteiger partial charge on any atom is -0.345 e. The van der Waals surface area contributed by atoms with Crippen LogP contribution in [0.2, 0.25) is 0 Å². The topological polar surface area (TPSA) is 68.0 Å². The van der Waals surface area contributed by atoms with E-state index in [2.05, 4.69) is 15.5 Å². The van der Waals surface area contributed by atoms with Crippen LogP contribution in [0.25, 0.3) is 0 Å². The Hall–Kier alpha value is -2.38. The van der Waals surface area contributed by atoms with Crippen LogP contribution in [-0.2, 0) is 19.1 Å². The average Bonchev–Trinajstić information content (AvgIpc) is 2.90. The number of benzene rings is 1. The van der Waals surface area contributed by atoms with E-state index in [-0.39, 0.29) is 12.4 Å². The summed E-state index contributed by atoms with van der Waals surface area (Å²) in [4.78, 5) is 16.0. The van der Waals surface area contributed by atoms with E-state index in [0.29, 0.717) is 18.2 Å². The molecule has 0 atom stereocenters. The minimum atomic E-state index is -4.59. The molecule has 5 nitrogen and oxygen atoms in total. The molecule has 124 valence electrons. The highest BCUT2D eigenvalue weighted by molar-refractivity contribution is 5.95. The molecule has 8 heteroatoms. The Morgan fingerprint density at radius 1 is 1.30 bits per heavy atom. The fourth-order valence-electron chi connectivity index (χ4n) is 1.98. The van der Waals surface area contributed by atoms with Gasteiger partial charge in [-0.2, -0.15) is 18.2 Å². The fourth-order valence-corrected chi connectivity index (χ4v) is 1.98. The first-order chi connectivity index (χ1) is 10.8. The Morgan fingerprint density at radius 2 is 2.00 bits per heavy atom. The predicted octanol–water partition coefficient (Wildman–Crippen LogP) is 3.22. The molecule has 1 amide bonds. The Morgan fingerprint density at radius 3 is 2.65 bits per heavy atom. The lowest BCUT2D eigenvalue weighted by molar-refractivity contribution is -0.137. The van der Waals surface area contributed by atoms with Crippen molar-refractivity contribution in [3.8, 4) is 0 Å². The fraction of sp³-hybridized carbons (Fsp3) is 0.400. The first-order valence-corrected chi connectivity index (χ1v) is 7.03. The van der Waals surface area contributed by atoms with Gasteiger partial charge in [-0.05, 0) is 18.1 Å². The van der Waals surface area contributed by atoms with Crippen molar-refractivity contribution in [1.29, 1.82) is 0 Å². The number of halogens is 3. The van der Waals surface area contributed by atoms with E-state index in [0.717, 1.165) is 12.1 Å². The second-order valence-electron chi connectivity index (χ2n) is 5.43. The van der Waals surface area contributed by atoms with Gasteiger partial charge in [0.1, 0.15) is 0 Å². The van der Waals surface area contributed by atoms with Gasteiger partial charge in [0, 0.05) is 6.42 Å². The summed E-state index contributed by atoms with van der Waals surface area (Å²) >= 11 is 0. The predicted molar refractivity (Wildman–Crippen MR) is 75.5 cm³/mol. The minimum absolute atomic E-state index is 0.105. The second-order valence-corrected chi connectivity index (χ2v) is 5.43. The normalized spacial score (nSPS) is 11.7. The van der Waals surface area contributed by atoms with Gasteiger partial charge in [0.15, 0.2) is 5.82 Å². The van der Waals surface area contributed by atoms with Crippen LogP contribution in [0.1, 0.15) is 41.5 Å². The largest absolute Gasteiger partial charge is 0.417 e. The molecule has 1 aromatic heterocycles. The standard InChI is InChI=1S/C15H16F3N3O2/c1-9(2)7-13-20-12(21-23-13)8-19-14(22)10-5-3-4-6-11(10)15(16,17)18/h3-6,9H,7-8H2,1-2H3,(H,19,22). The zero-order valence-corrected chi connectivity index (χ0v) is 12.6. The molecule has 0 aliphatic carbocycles. The van der Waals surface area contributed by atoms with Crippen LogP contribution < -0.4 is 5.32 Å². The Bertz CT molecular complexity index is 681. The van der Waals surface area contributed by atoms with Crippen LogP contribution >= 0.6 is 0 Å². The third-order valence-corrected chi connectivity index (χ3v) is 2.98. The molecule has 0 unspecified atom stereocenters. The first-order valence-electron chi connectivity index (χ1n) is 7.03. The van der Waals surface area contributed by atoms with Crippen LogP contribution in [0.4, 0.5) is 13.2 Å². The SMILES string of the molecule is CC(C)Cc1nc(CNC(=O)c2ccccc2C(F)(F)F)no1. The van der Waals surface area contributed by atoms with Gasteiger partial charge < -0.3 is 9.84 Å². The summed E-state index contributed by atoms with van der Waals surface area (Å²) in [6.07, 6.45) is -4.00. The summed E-state index contributed by atoms with van der Waals surface area (Å²) in [5.41, 5.74) is -1.42. The summed E-state index contributed by atoms with van der Waals surface area (Å²) in [6, 6.07) is 4.60. The van der Waals surface area contributed by atoms with Crippen LogP contribution in [0.3, 0.4) is 0 Å². The van der Waals surface area contributed by atoms with Crippen molar-refractivity contribution < 1.29 is 22.5 Å². The molecule has 1 N–H and O–H groups in total. The highest BCUT2D eigenvalue weighted by Gasteiger charge is 2.34. The van der Waals surface area contributed by atoms with Gasteiger partial charge in [-0.1, -0.05) is 31.1 Å². The second kappa shape index (κ2) is 6.80. The molecule has 0 saturated carbocycles. The molecule has 2 aromatic rings. The van der Waals surface area contributed by atoms with E-state index in [1.165, 1.54) is 12.1 Å². The summed E-state index contributed by atoms with van der Waals surface area (Å²) in [6.45, 7) is 3.87. The maximum Gasteiger partial charge on any atom is 0.417 e. The monoisotopic (exact) mass is 327 g/mol. The number of amides is 1. The van der Waals surface area contributed by atoms with E-state index in [1.807, 2.05) is 13.8 Å². The number of alkyl halides is 3. The first kappa shape index (κ1) is 17.0. The van der Waals surface area contributed by atoms with Crippen molar-refractivity contribution in [1.82, 2.24) is 15.5 Å². The van der Waals surface area contributed by atoms with E-state index >= 15 is 0 Å². The van der Waals surface area contributed by atoms with E-state index < -0.39 is 23.2 Å². The molecule has 23 heavy (non-hydrogen) atoms. The third-order valence-electron chi connectivity index (χ3n) is 2.98. The van der Waals surface area contributed by atoms with Crippen molar-refractivity contribution in [2.24, 2.45) is 5.92 Å². The summed E-state index contributed by atoms with van der Waals surface area (Å²) in [7, 11) is 0. The van der Waals surface area contributed by atoms with Gasteiger partial charge in [0.05, 0.1) is 17.7 Å². The number of carbonyl (C=O) groups excluding carboxylic acids is 1. The molecule has 2 rings (SSSR count). The Balaban J connectivity index is 2.04. The number of carbonyl (C=O) groups is 1. The molecule has 0 aliphatic rings. The zero-order valence-electron chi connectivity index (χ0n) is 12.6. The van der Waals surface area contributed by atoms with E-state index in [4.69, 9.17) is 4.52 Å². The summed E-state index contributed by atoms with van der Waals surface area (Å²) in [5, 5.41) is 6.05. The molecular formula is C15H16F3N3O2. The maximum absolute atomic E-state index is 12.9. The van der Waals surface area contributed by atoms with Crippen molar-refractivity contribution in [3.05, 3.63) is 47.1 Å². The smallest absolute Gasteiger partial charge is 0.345 e. The van der Waals surface area contributed by atoms with E-state index in [1.54, 1.807) is 0 Å². The van der Waals surface area contributed by atoms with E-state index in [9.17, 15) is 18.0 Å². The highest BCUT2D eigenvalue weighted by atomic mass is 19.4. The molecule has 1 heterocycles. The number of nitrogens with one attached hydrogen (secondary N) is 1. The van der Waals surface area contributed by atoms with Gasteiger partial charge in [-0.25, -0.2) is 0 Å². The lowest BCUT2D eigenvalue weighted by Gasteiger charge is -2.11. The highest BCUT2D eigenvalue weighted by Crippen LogP contribution is 2.31. The quantitative estimate of drug-likeness (QED) is 0.915. The number of aromatic nitrogens is 2. The Labute approximate surface area is 130 Å².